The maximum absolute atomic E-state index is 13.0. The smallest absolute Gasteiger partial charge is 0.316 e. The Kier molecular flexibility index (Phi) is 5.85. The molecular weight excluding hydrogens is 334 g/mol. The van der Waals surface area contributed by atoms with Crippen molar-refractivity contribution in [3.05, 3.63) is 47.2 Å². The molecule has 0 unspecified atom stereocenters. The van der Waals surface area contributed by atoms with Crippen LogP contribution >= 0.6 is 0 Å². The van der Waals surface area contributed by atoms with Crippen molar-refractivity contribution in [2.24, 2.45) is 11.3 Å². The fourth-order valence-corrected chi connectivity index (χ4v) is 3.33. The van der Waals surface area contributed by atoms with Gasteiger partial charge in [-0.2, -0.15) is 0 Å². The minimum Gasteiger partial charge on any atom is -0.510 e. The molecule has 0 radical (unpaired) electrons. The van der Waals surface area contributed by atoms with E-state index in [9.17, 15) is 19.5 Å². The second kappa shape index (κ2) is 7.72. The second-order valence-corrected chi connectivity index (χ2v) is 7.11. The predicted octanol–water partition coefficient (Wildman–Crippen LogP) is 2.64. The molecule has 1 aliphatic carbocycles. The van der Waals surface area contributed by atoms with Crippen LogP contribution in [0.25, 0.3) is 0 Å². The maximum Gasteiger partial charge on any atom is 0.316 e. The number of ether oxygens (including phenoxy) is 1. The molecule has 6 nitrogen and oxygen atoms in total. The van der Waals surface area contributed by atoms with E-state index in [0.29, 0.717) is 13.1 Å². The summed E-state index contributed by atoms with van der Waals surface area (Å²) in [6, 6.07) is 9.38. The minimum atomic E-state index is -1.04. The van der Waals surface area contributed by atoms with E-state index in [2.05, 4.69) is 0 Å². The van der Waals surface area contributed by atoms with Crippen LogP contribution in [0.1, 0.15) is 32.8 Å². The molecule has 1 aromatic carbocycles. The molecule has 0 bridgehead atoms. The number of hydrogen-bond acceptors (Lipinski definition) is 5. The molecule has 0 spiro atoms. The lowest BCUT2D eigenvalue weighted by molar-refractivity contribution is -0.150. The molecule has 140 valence electrons. The number of esters is 1. The molecule has 1 aromatic rings. The number of aliphatic hydroxyl groups is 1. The minimum absolute atomic E-state index is 0.0131. The summed E-state index contributed by atoms with van der Waals surface area (Å²) in [6.07, 6.45) is -0.0131. The molecule has 1 aliphatic rings. The first-order valence-electron chi connectivity index (χ1n) is 8.60. The van der Waals surface area contributed by atoms with Crippen LogP contribution in [0.5, 0.6) is 0 Å². The first kappa shape index (κ1) is 19.7. The molecule has 0 saturated heterocycles. The lowest BCUT2D eigenvalue weighted by atomic mass is 9.68. The third-order valence-corrected chi connectivity index (χ3v) is 4.74. The monoisotopic (exact) mass is 359 g/mol. The Morgan fingerprint density at radius 1 is 1.27 bits per heavy atom. The summed E-state index contributed by atoms with van der Waals surface area (Å²) in [5, 5.41) is 10.6. The van der Waals surface area contributed by atoms with Crippen LogP contribution < -0.4 is 0 Å². The molecule has 26 heavy (non-hydrogen) atoms. The van der Waals surface area contributed by atoms with E-state index in [0.717, 1.165) is 5.56 Å². The van der Waals surface area contributed by atoms with Gasteiger partial charge in [0, 0.05) is 19.5 Å². The van der Waals surface area contributed by atoms with E-state index in [1.54, 1.807) is 20.8 Å². The number of methoxy groups -OCH3 is 1. The van der Waals surface area contributed by atoms with Gasteiger partial charge in [-0.25, -0.2) is 0 Å². The maximum atomic E-state index is 13.0. The third-order valence-electron chi connectivity index (χ3n) is 4.74. The van der Waals surface area contributed by atoms with E-state index in [-0.39, 0.29) is 12.0 Å². The quantitative estimate of drug-likeness (QED) is 0.645. The number of rotatable bonds is 5. The van der Waals surface area contributed by atoms with Gasteiger partial charge in [-0.1, -0.05) is 44.2 Å². The van der Waals surface area contributed by atoms with Crippen LogP contribution in [-0.4, -0.2) is 41.3 Å². The van der Waals surface area contributed by atoms with Crippen LogP contribution in [0.2, 0.25) is 0 Å². The molecule has 1 amide bonds. The first-order chi connectivity index (χ1) is 12.2. The van der Waals surface area contributed by atoms with Crippen molar-refractivity contribution in [2.75, 3.05) is 13.7 Å². The van der Waals surface area contributed by atoms with Gasteiger partial charge in [0.2, 0.25) is 0 Å². The zero-order valence-corrected chi connectivity index (χ0v) is 15.6. The van der Waals surface area contributed by atoms with Gasteiger partial charge in [0.1, 0.15) is 17.3 Å². The second-order valence-electron chi connectivity index (χ2n) is 7.11. The number of benzene rings is 1. The lowest BCUT2D eigenvalue weighted by Gasteiger charge is -2.36. The van der Waals surface area contributed by atoms with Crippen molar-refractivity contribution in [3.8, 4) is 0 Å². The zero-order valence-electron chi connectivity index (χ0n) is 15.6. The number of carbonyl (C=O) groups is 3. The van der Waals surface area contributed by atoms with Gasteiger partial charge in [0.15, 0.2) is 5.78 Å². The summed E-state index contributed by atoms with van der Waals surface area (Å²) in [6.45, 7) is 5.88. The highest BCUT2D eigenvalue weighted by Crippen LogP contribution is 2.42. The summed E-state index contributed by atoms with van der Waals surface area (Å²) in [5.41, 5.74) is -0.220. The molecule has 1 N–H and O–H groups in total. The molecule has 0 heterocycles. The van der Waals surface area contributed by atoms with Crippen molar-refractivity contribution in [1.82, 2.24) is 4.90 Å². The first-order valence-corrected chi connectivity index (χ1v) is 8.60. The van der Waals surface area contributed by atoms with Gasteiger partial charge < -0.3 is 14.7 Å². The van der Waals surface area contributed by atoms with Gasteiger partial charge in [-0.05, 0) is 17.9 Å². The number of amides is 1. The number of carbonyl (C=O) groups excluding carboxylic acids is 3. The van der Waals surface area contributed by atoms with E-state index in [1.165, 1.54) is 12.0 Å². The van der Waals surface area contributed by atoms with E-state index >= 15 is 0 Å². The molecule has 0 aliphatic heterocycles. The van der Waals surface area contributed by atoms with Gasteiger partial charge >= 0.3 is 5.97 Å². The highest BCUT2D eigenvalue weighted by atomic mass is 16.5. The van der Waals surface area contributed by atoms with E-state index < -0.39 is 34.8 Å². The lowest BCUT2D eigenvalue weighted by Crippen LogP contribution is -2.44. The van der Waals surface area contributed by atoms with Gasteiger partial charge in [0.05, 0.1) is 7.11 Å². The Bertz CT molecular complexity index is 736. The summed E-state index contributed by atoms with van der Waals surface area (Å²) in [4.78, 5) is 39.2. The van der Waals surface area contributed by atoms with Gasteiger partial charge in [-0.3, -0.25) is 14.4 Å². The van der Waals surface area contributed by atoms with Gasteiger partial charge in [0.25, 0.3) is 5.91 Å². The average Bonchev–Trinajstić information content (AvgIpc) is 2.58. The van der Waals surface area contributed by atoms with Crippen molar-refractivity contribution in [2.45, 2.75) is 33.7 Å². The topological polar surface area (TPSA) is 83.9 Å². The van der Waals surface area contributed by atoms with Crippen LogP contribution in [0.3, 0.4) is 0 Å². The Morgan fingerprint density at radius 3 is 2.42 bits per heavy atom. The normalized spacial score (nSPS) is 19.2. The highest BCUT2D eigenvalue weighted by molar-refractivity contribution is 6.21. The Labute approximate surface area is 153 Å². The third kappa shape index (κ3) is 3.79. The molecule has 0 aromatic heterocycles. The largest absolute Gasteiger partial charge is 0.510 e. The SMILES string of the molecule is CCN(Cc1ccccc1)C(=O)C1=C(O)[C@H](C(=O)OC)C(C)(C)CC1=O. The van der Waals surface area contributed by atoms with E-state index in [4.69, 9.17) is 4.74 Å². The molecular formula is C20H25NO5. The Morgan fingerprint density at radius 2 is 1.88 bits per heavy atom. The fraction of sp³-hybridized carbons (Fsp3) is 0.450. The summed E-state index contributed by atoms with van der Waals surface area (Å²) in [5.74, 6) is -3.21. The highest BCUT2D eigenvalue weighted by Gasteiger charge is 2.48. The van der Waals surface area contributed by atoms with Crippen molar-refractivity contribution in [1.29, 1.82) is 0 Å². The zero-order chi connectivity index (χ0) is 19.5. The summed E-state index contributed by atoms with van der Waals surface area (Å²) in [7, 11) is 1.22. The molecule has 2 rings (SSSR count). The van der Waals surface area contributed by atoms with Crippen LogP contribution in [-0.2, 0) is 25.7 Å². The molecule has 1 atom stereocenters. The van der Waals surface area contributed by atoms with Crippen LogP contribution in [0, 0.1) is 11.3 Å². The Hall–Kier alpha value is -2.63. The molecule has 0 saturated carbocycles. The van der Waals surface area contributed by atoms with Crippen molar-refractivity contribution in [3.63, 3.8) is 0 Å². The van der Waals surface area contributed by atoms with Crippen LogP contribution in [0.15, 0.2) is 41.7 Å². The number of hydrogen-bond donors (Lipinski definition) is 1. The van der Waals surface area contributed by atoms with E-state index in [1.807, 2.05) is 30.3 Å². The average molecular weight is 359 g/mol. The van der Waals surface area contributed by atoms with Gasteiger partial charge in [-0.15, -0.1) is 0 Å². The standard InChI is InChI=1S/C20H25NO5/c1-5-21(12-13-9-7-6-8-10-13)18(24)15-14(22)11-20(2,3)16(17(15)23)19(25)26-4/h6-10,16,23H,5,11-12H2,1-4H3/t16-/m1/s1. The molecule has 6 heteroatoms. The van der Waals surface area contributed by atoms with Crippen molar-refractivity contribution >= 4 is 17.7 Å². The fourth-order valence-electron chi connectivity index (χ4n) is 3.33. The summed E-state index contributed by atoms with van der Waals surface area (Å²) >= 11 is 0. The number of Topliss-reactive ketones (excluding diaryl/α,β-unsaturated/α-hetero) is 1. The predicted molar refractivity (Wildman–Crippen MR) is 96.1 cm³/mol. The summed E-state index contributed by atoms with van der Waals surface area (Å²) < 4.78 is 4.77. The Balaban J connectivity index is 2.40. The number of nitrogens with zero attached hydrogens (tertiary/aromatic N) is 1. The molecule has 0 fully saturated rings. The van der Waals surface area contributed by atoms with Crippen molar-refractivity contribution < 1.29 is 24.2 Å². The number of ketones is 1. The number of aliphatic hydroxyl groups excluding tert-OH is 1. The number of likely N-dealkylation sites (N-methyl/N-ethyl adjacent to an activating group) is 1. The van der Waals surface area contributed by atoms with Crippen LogP contribution in [0.4, 0.5) is 0 Å².